The van der Waals surface area contributed by atoms with Crippen molar-refractivity contribution in [2.75, 3.05) is 87.8 Å². The van der Waals surface area contributed by atoms with Crippen LogP contribution in [0, 0.1) is 23.6 Å². The molecule has 5 atom stereocenters. The molecule has 6 aromatic rings. The Kier molecular flexibility index (Phi) is 22.7. The van der Waals surface area contributed by atoms with Crippen molar-refractivity contribution in [3.05, 3.63) is 160 Å². The number of nitrogens with one attached hydrogen (secondary N) is 4. The zero-order valence-electron chi connectivity index (χ0n) is 68.1. The van der Waals surface area contributed by atoms with Gasteiger partial charge in [-0.2, -0.15) is 13.2 Å². The molecule has 2 aliphatic carbocycles. The van der Waals surface area contributed by atoms with E-state index < -0.39 is 144 Å². The molecule has 1 saturated carbocycles. The van der Waals surface area contributed by atoms with E-state index in [1.165, 1.54) is 40.1 Å². The zero-order chi connectivity index (χ0) is 83.8. The summed E-state index contributed by atoms with van der Waals surface area (Å²) in [4.78, 5) is 78.3. The van der Waals surface area contributed by atoms with Crippen LogP contribution in [-0.2, 0) is 39.0 Å². The summed E-state index contributed by atoms with van der Waals surface area (Å²) in [6.45, 7) is -3.12. The first-order valence-corrected chi connectivity index (χ1v) is 41.0. The maximum absolute atomic E-state index is 15.5. The number of sulfone groups is 1. The molecule has 4 fully saturated rings. The van der Waals surface area contributed by atoms with Gasteiger partial charge in [0.15, 0.2) is 0 Å². The SMILES string of the molecule is [2H]C1([2H])N(CC2=C(c3ccc(Cl)cc3F)CCC3(CC3)C2)C([2H])([2H])C([2H])([2H])N(c2ccc(C(=O)NS(=O)(=O)c3ccc(N[C@H](CCN4CCN(C(=O)CCCCCCC(=O)N[C@H](C(=O)N5C[C@H](O)C[C@H]5C(=O)N[C@@H](C)c5ccc(-c6scnc6C)cc5)C(C)(C)C)CC4)CSc4ccccc4)c(S(=O)(=O)C(F)(F)F)c3)cc2)C1([2H])[2H]. The van der Waals surface area contributed by atoms with Crippen molar-refractivity contribution in [1.82, 2.24) is 39.9 Å². The predicted molar refractivity (Wildman–Crippen MR) is 410 cm³/mol. The predicted octanol–water partition coefficient (Wildman–Crippen LogP) is 12.7. The van der Waals surface area contributed by atoms with Gasteiger partial charge < -0.3 is 35.8 Å². The number of allylic oxidation sites excluding steroid dienone is 1. The number of aromatic nitrogens is 1. The van der Waals surface area contributed by atoms with E-state index >= 15 is 4.39 Å². The van der Waals surface area contributed by atoms with E-state index in [9.17, 15) is 70.1 Å². The Morgan fingerprint density at radius 1 is 0.822 bits per heavy atom. The molecular formula is C78H95ClF4N10O10S4. The van der Waals surface area contributed by atoms with Crippen LogP contribution in [0.2, 0.25) is 5.02 Å². The Bertz CT molecular complexity index is 4820. The number of hydrogen-bond acceptors (Lipinski definition) is 17. The van der Waals surface area contributed by atoms with E-state index in [4.69, 9.17) is 11.6 Å². The molecule has 11 rings (SSSR count). The Morgan fingerprint density at radius 3 is 2.16 bits per heavy atom. The van der Waals surface area contributed by atoms with Gasteiger partial charge in [0.1, 0.15) is 22.8 Å². The van der Waals surface area contributed by atoms with Gasteiger partial charge in [-0.1, -0.05) is 99.3 Å². The van der Waals surface area contributed by atoms with Crippen LogP contribution in [0.15, 0.2) is 141 Å². The molecule has 5 aromatic carbocycles. The van der Waals surface area contributed by atoms with Gasteiger partial charge in [0.05, 0.1) is 44.3 Å². The Balaban J connectivity index is 0.673. The number of thioether (sulfide) groups is 1. The second kappa shape index (κ2) is 34.6. The molecule has 3 saturated heterocycles. The average molecular weight is 1580 g/mol. The summed E-state index contributed by atoms with van der Waals surface area (Å²) in [6, 6.07) is 23.2. The van der Waals surface area contributed by atoms with E-state index in [0.29, 0.717) is 93.7 Å². The van der Waals surface area contributed by atoms with Crippen LogP contribution in [0.5, 0.6) is 0 Å². The van der Waals surface area contributed by atoms with Crippen LogP contribution in [0.4, 0.5) is 28.9 Å². The summed E-state index contributed by atoms with van der Waals surface area (Å²) in [7, 11) is -11.6. The van der Waals surface area contributed by atoms with Gasteiger partial charge in [-0.05, 0) is 159 Å². The van der Waals surface area contributed by atoms with E-state index in [1.54, 1.807) is 45.5 Å². The number of carbonyl (C=O) groups is 5. The van der Waals surface area contributed by atoms with Crippen LogP contribution in [0.1, 0.15) is 155 Å². The smallest absolute Gasteiger partial charge is 0.391 e. The number of aryl methyl sites for hydroxylation is 1. The molecule has 5 aliphatic rings. The van der Waals surface area contributed by atoms with Crippen LogP contribution in [-0.4, -0.2) is 183 Å². The molecule has 0 radical (unpaired) electrons. The fraction of sp³-hybridized carbons (Fsp3) is 0.487. The van der Waals surface area contributed by atoms with Gasteiger partial charge in [-0.15, -0.1) is 23.1 Å². The number of aliphatic hydroxyl groups is 1. The molecule has 5 N–H and O–H groups in total. The number of rotatable bonds is 29. The fourth-order valence-electron chi connectivity index (χ4n) is 13.9. The number of carbonyl (C=O) groups excluding carboxylic acids is 5. The topological polar surface area (TPSA) is 251 Å². The molecule has 20 nitrogen and oxygen atoms in total. The molecule has 1 spiro atoms. The highest BCUT2D eigenvalue weighted by Crippen LogP contribution is 2.59. The second-order valence-corrected chi connectivity index (χ2v) is 35.1. The van der Waals surface area contributed by atoms with Crippen molar-refractivity contribution < 1.29 is 74.4 Å². The third-order valence-corrected chi connectivity index (χ3v) is 25.5. The maximum atomic E-state index is 15.5. The number of amides is 5. The number of anilines is 2. The highest BCUT2D eigenvalue weighted by Gasteiger charge is 2.50. The minimum Gasteiger partial charge on any atom is -0.391 e. The van der Waals surface area contributed by atoms with Crippen molar-refractivity contribution in [3.63, 3.8) is 0 Å². The number of nitrogens with zero attached hydrogens (tertiary/aromatic N) is 6. The van der Waals surface area contributed by atoms with Gasteiger partial charge in [0.25, 0.3) is 25.8 Å². The van der Waals surface area contributed by atoms with E-state index in [0.717, 1.165) is 81.9 Å². The van der Waals surface area contributed by atoms with Crippen LogP contribution in [0.3, 0.4) is 0 Å². The van der Waals surface area contributed by atoms with Gasteiger partial charge in [-0.3, -0.25) is 33.8 Å². The van der Waals surface area contributed by atoms with Crippen molar-refractivity contribution in [3.8, 4) is 10.4 Å². The number of β-amino-alcohol motifs (C(OH)–C–C–N with tert-alkyl or cyclic N) is 1. The quantitative estimate of drug-likeness (QED) is 0.0166. The van der Waals surface area contributed by atoms with Crippen molar-refractivity contribution >= 4 is 101 Å². The molecular weight excluding hydrogens is 1480 g/mol. The van der Waals surface area contributed by atoms with Gasteiger partial charge in [-0.25, -0.2) is 30.9 Å². The average Bonchev–Trinajstić information content (AvgIpc) is 1.20. The number of alkyl halides is 3. The largest absolute Gasteiger partial charge is 0.501 e. The third kappa shape index (κ3) is 20.5. The molecule has 0 bridgehead atoms. The Hall–Kier alpha value is -7.44. The van der Waals surface area contributed by atoms with Crippen LogP contribution >= 0.6 is 34.7 Å². The molecule has 4 heterocycles. The number of halogens is 5. The van der Waals surface area contributed by atoms with Gasteiger partial charge in [0, 0.05) is 135 Å². The normalized spacial score (nSPS) is 22.0. The standard InChI is InChI=1S/C78H95ClF4N10O10S4/c1-51(53-17-19-54(20-18-53)71-52(2)84-50-105-71)85-74(98)67-44-60(94)48-93(67)75(99)72(76(3,4)5)87-69(95)15-11-6-7-12-16-70(96)92-41-35-89(36-42-92)34-30-58(49-104-61-13-9-8-10-14-61)86-66-28-26-62(45-68(66)106(100,101)78(81,82)83)107(102,103)88-73(97)55-21-24-59(25-22-55)91-39-37-90(38-40-91)47-56-46-77(32-33-77)31-29-63(56)64-27-23-57(79)43-65(64)80/h8-10,13-14,17-28,43,45,50-51,58,60,67,72,86,94H,6-7,11-12,15-16,29-42,44,46-49H2,1-5H3,(H,85,98)(H,87,95)(H,88,97)/t51-,58+,60+,67-,72+/m0/s1/i37D2,38D2,39D2,40D2. The lowest BCUT2D eigenvalue weighted by Gasteiger charge is -2.38. The number of likely N-dealkylation sites (tertiary alicyclic amines) is 1. The maximum Gasteiger partial charge on any atom is 0.501 e. The lowest BCUT2D eigenvalue weighted by molar-refractivity contribution is -0.144. The van der Waals surface area contributed by atoms with Crippen LogP contribution in [0.25, 0.3) is 16.0 Å². The number of aliphatic hydroxyl groups excluding tert-OH is 1. The molecule has 3 aliphatic heterocycles. The molecule has 5 amide bonds. The van der Waals surface area contributed by atoms with E-state index in [-0.39, 0.29) is 76.8 Å². The van der Waals surface area contributed by atoms with E-state index in [1.807, 2.05) is 63.8 Å². The Morgan fingerprint density at radius 2 is 1.51 bits per heavy atom. The van der Waals surface area contributed by atoms with Crippen molar-refractivity contribution in [1.29, 1.82) is 0 Å². The summed E-state index contributed by atoms with van der Waals surface area (Å²) in [5.41, 5.74) is -2.99. The first kappa shape index (κ1) is 70.0. The highest BCUT2D eigenvalue weighted by atomic mass is 35.5. The van der Waals surface area contributed by atoms with Crippen molar-refractivity contribution in [2.45, 2.75) is 169 Å². The van der Waals surface area contributed by atoms with Gasteiger partial charge in [0.2, 0.25) is 23.6 Å². The second-order valence-electron chi connectivity index (χ2n) is 29.1. The summed E-state index contributed by atoms with van der Waals surface area (Å²) in [6.07, 6.45) is 4.81. The fourth-order valence-corrected chi connectivity index (χ4v) is 17.8. The van der Waals surface area contributed by atoms with Crippen molar-refractivity contribution in [2.24, 2.45) is 10.8 Å². The van der Waals surface area contributed by atoms with Crippen LogP contribution < -0.4 is 25.6 Å². The molecule has 107 heavy (non-hydrogen) atoms. The minimum absolute atomic E-state index is 0.0347. The number of thiazole rings is 1. The summed E-state index contributed by atoms with van der Waals surface area (Å²) < 4.78 is 190. The molecule has 1 aromatic heterocycles. The van der Waals surface area contributed by atoms with E-state index in [2.05, 4.69) is 20.9 Å². The first-order valence-electron chi connectivity index (χ1n) is 39.8. The molecule has 0 unspecified atom stereocenters. The lowest BCUT2D eigenvalue weighted by Crippen LogP contribution is -2.57. The Labute approximate surface area is 649 Å². The number of sulfonamides is 1. The number of unbranched alkanes of at least 4 members (excludes halogenated alkanes) is 3. The van der Waals surface area contributed by atoms with Gasteiger partial charge >= 0.3 is 5.51 Å². The monoisotopic (exact) mass is 1580 g/mol. The molecule has 29 heteroatoms. The summed E-state index contributed by atoms with van der Waals surface area (Å²) in [5.74, 6) is -3.28. The zero-order valence-corrected chi connectivity index (χ0v) is 64.1. The first-order chi connectivity index (χ1) is 53.8. The number of piperazine rings is 2. The third-order valence-electron chi connectivity index (χ3n) is 20.2. The lowest BCUT2D eigenvalue weighted by atomic mass is 9.78. The minimum atomic E-state index is -6.34. The summed E-state index contributed by atoms with van der Waals surface area (Å²) >= 11 is 8.91. The number of benzene rings is 5. The summed E-state index contributed by atoms with van der Waals surface area (Å²) in [5, 5.41) is 19.7. The highest BCUT2D eigenvalue weighted by molar-refractivity contribution is 7.99. The number of hydrogen-bond donors (Lipinski definition) is 5. The molecule has 576 valence electrons.